The van der Waals surface area contributed by atoms with Crippen LogP contribution in [0.5, 0.6) is 0 Å². The van der Waals surface area contributed by atoms with Gasteiger partial charge in [0.1, 0.15) is 5.82 Å². The molecule has 2 rings (SSSR count). The molecule has 0 unspecified atom stereocenters. The van der Waals surface area contributed by atoms with Crippen LogP contribution < -0.4 is 10.6 Å². The van der Waals surface area contributed by atoms with Crippen LogP contribution >= 0.6 is 0 Å². The largest absolute Gasteiger partial charge is 0.465 e. The zero-order chi connectivity index (χ0) is 19.1. The van der Waals surface area contributed by atoms with E-state index in [1.807, 2.05) is 46.4 Å². The molecule has 0 amide bonds. The molecule has 0 aliphatic carbocycles. The van der Waals surface area contributed by atoms with Crippen molar-refractivity contribution in [3.05, 3.63) is 23.5 Å². The van der Waals surface area contributed by atoms with Crippen LogP contribution in [-0.4, -0.2) is 39.4 Å². The first kappa shape index (κ1) is 24.4. The van der Waals surface area contributed by atoms with Crippen LogP contribution in [0.2, 0.25) is 0 Å². The normalized spacial score (nSPS) is 12.4. The van der Waals surface area contributed by atoms with Crippen LogP contribution in [0.15, 0.2) is 12.1 Å². The number of morpholine rings is 1. The summed E-state index contributed by atoms with van der Waals surface area (Å²) in [6, 6.07) is 2.58. The Balaban J connectivity index is 0. The average Bonchev–Trinajstić information content (AvgIpc) is 2.67. The molecule has 1 aliphatic heterocycles. The average molecular weight is 344 g/mol. The summed E-state index contributed by atoms with van der Waals surface area (Å²) in [5.74, 6) is -1.01. The van der Waals surface area contributed by atoms with E-state index < -0.39 is 11.8 Å². The highest BCUT2D eigenvalue weighted by molar-refractivity contribution is 5.96. The molecule has 0 bridgehead atoms. The topological polar surface area (TPSA) is 64.8 Å². The van der Waals surface area contributed by atoms with Gasteiger partial charge in [-0.25, -0.2) is 9.18 Å². The van der Waals surface area contributed by atoms with Crippen molar-refractivity contribution in [2.45, 2.75) is 41.5 Å². The van der Waals surface area contributed by atoms with Crippen LogP contribution in [0.1, 0.15) is 51.9 Å². The molecule has 1 aliphatic rings. The van der Waals surface area contributed by atoms with Gasteiger partial charge in [0, 0.05) is 18.8 Å². The fraction of sp³-hybridized carbons (Fsp3) is 0.611. The van der Waals surface area contributed by atoms with E-state index in [1.165, 1.54) is 13.2 Å². The summed E-state index contributed by atoms with van der Waals surface area (Å²) < 4.78 is 23.7. The molecule has 1 aromatic rings. The third kappa shape index (κ3) is 7.17. The van der Waals surface area contributed by atoms with E-state index in [0.29, 0.717) is 32.0 Å². The highest BCUT2D eigenvalue weighted by Crippen LogP contribution is 2.26. The molecule has 5 nitrogen and oxygen atoms in total. The molecule has 1 fully saturated rings. The molecule has 140 valence electrons. The van der Waals surface area contributed by atoms with E-state index in [0.717, 1.165) is 6.07 Å². The Labute approximate surface area is 145 Å². The summed E-state index contributed by atoms with van der Waals surface area (Å²) >= 11 is 0. The Kier molecular flexibility index (Phi) is 15.0. The first-order valence-electron chi connectivity index (χ1n) is 8.63. The zero-order valence-corrected chi connectivity index (χ0v) is 16.1. The van der Waals surface area contributed by atoms with Gasteiger partial charge in [0.15, 0.2) is 0 Å². The van der Waals surface area contributed by atoms with E-state index in [-0.39, 0.29) is 11.3 Å². The Morgan fingerprint density at radius 3 is 2.08 bits per heavy atom. The zero-order valence-electron chi connectivity index (χ0n) is 16.1. The number of hydrogen-bond acceptors (Lipinski definition) is 5. The number of rotatable bonds is 2. The molecule has 6 heteroatoms. The van der Waals surface area contributed by atoms with E-state index in [2.05, 4.69) is 4.74 Å². The summed E-state index contributed by atoms with van der Waals surface area (Å²) in [6.07, 6.45) is 0. The van der Waals surface area contributed by atoms with Gasteiger partial charge in [0.25, 0.3) is 0 Å². The van der Waals surface area contributed by atoms with Crippen LogP contribution in [-0.2, 0) is 9.47 Å². The van der Waals surface area contributed by atoms with E-state index in [9.17, 15) is 9.18 Å². The van der Waals surface area contributed by atoms with E-state index >= 15 is 0 Å². The maximum Gasteiger partial charge on any atom is 0.340 e. The second-order valence-corrected chi connectivity index (χ2v) is 3.98. The molecule has 24 heavy (non-hydrogen) atoms. The predicted molar refractivity (Wildman–Crippen MR) is 99.2 cm³/mol. The van der Waals surface area contributed by atoms with Gasteiger partial charge < -0.3 is 20.1 Å². The summed E-state index contributed by atoms with van der Waals surface area (Å²) in [7, 11) is 1.26. The summed E-state index contributed by atoms with van der Waals surface area (Å²) in [4.78, 5) is 13.3. The van der Waals surface area contributed by atoms with Gasteiger partial charge in [0.05, 0.1) is 31.6 Å². The maximum absolute atomic E-state index is 13.9. The minimum atomic E-state index is -0.568. The van der Waals surface area contributed by atoms with Gasteiger partial charge in [-0.15, -0.1) is 0 Å². The number of hydrogen-bond donors (Lipinski definition) is 1. The lowest BCUT2D eigenvalue weighted by molar-refractivity contribution is 0.0602. The van der Waals surface area contributed by atoms with E-state index in [4.69, 9.17) is 10.5 Å². The van der Waals surface area contributed by atoms with Crippen molar-refractivity contribution in [1.29, 1.82) is 0 Å². The third-order valence-corrected chi connectivity index (χ3v) is 2.88. The number of methoxy groups -OCH3 is 1. The third-order valence-electron chi connectivity index (χ3n) is 2.88. The number of benzene rings is 1. The molecule has 0 aromatic heterocycles. The van der Waals surface area contributed by atoms with E-state index in [1.54, 1.807) is 0 Å². The number of carbonyl (C=O) groups excluding carboxylic acids is 1. The lowest BCUT2D eigenvalue weighted by Crippen LogP contribution is -2.37. The van der Waals surface area contributed by atoms with Gasteiger partial charge in [-0.1, -0.05) is 41.5 Å². The predicted octanol–water partition coefficient (Wildman–Crippen LogP) is 4.11. The minimum absolute atomic E-state index is 0.0800. The summed E-state index contributed by atoms with van der Waals surface area (Å²) in [5, 5.41) is 0. The Bertz CT molecular complexity index is 462. The number of halogens is 1. The molecule has 0 saturated carbocycles. The van der Waals surface area contributed by atoms with Gasteiger partial charge in [0.2, 0.25) is 0 Å². The monoisotopic (exact) mass is 344 g/mol. The van der Waals surface area contributed by atoms with Gasteiger partial charge in [-0.05, 0) is 12.1 Å². The molecular formula is C18H33FN2O3. The van der Waals surface area contributed by atoms with Crippen molar-refractivity contribution in [3.8, 4) is 0 Å². The lowest BCUT2D eigenvalue weighted by Gasteiger charge is -2.29. The fourth-order valence-electron chi connectivity index (χ4n) is 1.91. The second kappa shape index (κ2) is 14.8. The first-order chi connectivity index (χ1) is 11.6. The Morgan fingerprint density at radius 2 is 1.62 bits per heavy atom. The molecule has 1 aromatic carbocycles. The number of esters is 1. The molecule has 2 N–H and O–H groups in total. The Hall–Kier alpha value is -1.82. The van der Waals surface area contributed by atoms with Crippen LogP contribution in [0, 0.1) is 5.82 Å². The van der Waals surface area contributed by atoms with Gasteiger partial charge >= 0.3 is 5.97 Å². The van der Waals surface area contributed by atoms with Gasteiger partial charge in [-0.3, -0.25) is 0 Å². The molecule has 0 spiro atoms. The number of nitrogens with zero attached hydrogens (tertiary/aromatic N) is 1. The number of anilines is 2. The SMILES string of the molecule is CC.CC.CC.COC(=O)c1cc(N2CCOCC2)c(F)cc1N. The standard InChI is InChI=1S/C12H15FN2O3.3C2H6/c1-17-12(16)8-6-11(9(13)7-10(8)14)15-2-4-18-5-3-15;3*1-2/h6-7H,2-5,14H2,1H3;3*1-2H3. The van der Waals surface area contributed by atoms with Gasteiger partial charge in [-0.2, -0.15) is 0 Å². The summed E-state index contributed by atoms with van der Waals surface area (Å²) in [6.45, 7) is 14.2. The number of nitrogen functional groups attached to an aromatic ring is 1. The van der Waals surface area contributed by atoms with Crippen molar-refractivity contribution in [1.82, 2.24) is 0 Å². The minimum Gasteiger partial charge on any atom is -0.465 e. The molecule has 1 heterocycles. The molecule has 0 atom stereocenters. The quantitative estimate of drug-likeness (QED) is 0.646. The summed E-state index contributed by atoms with van der Waals surface area (Å²) in [5.41, 5.74) is 6.23. The highest BCUT2D eigenvalue weighted by atomic mass is 19.1. The van der Waals surface area contributed by atoms with Crippen molar-refractivity contribution >= 4 is 17.3 Å². The molecule has 1 saturated heterocycles. The smallest absolute Gasteiger partial charge is 0.340 e. The van der Waals surface area contributed by atoms with Crippen LogP contribution in [0.4, 0.5) is 15.8 Å². The van der Waals surface area contributed by atoms with Crippen LogP contribution in [0.3, 0.4) is 0 Å². The van der Waals surface area contributed by atoms with Crippen molar-refractivity contribution in [2.75, 3.05) is 44.0 Å². The van der Waals surface area contributed by atoms with Crippen molar-refractivity contribution < 1.29 is 18.7 Å². The Morgan fingerprint density at radius 1 is 1.12 bits per heavy atom. The van der Waals surface area contributed by atoms with Crippen molar-refractivity contribution in [2.24, 2.45) is 0 Å². The fourth-order valence-corrected chi connectivity index (χ4v) is 1.91. The number of carbonyl (C=O) groups is 1. The molecular weight excluding hydrogens is 311 g/mol. The second-order valence-electron chi connectivity index (χ2n) is 3.98. The van der Waals surface area contributed by atoms with Crippen LogP contribution in [0.25, 0.3) is 0 Å². The molecule has 0 radical (unpaired) electrons. The maximum atomic E-state index is 13.9. The highest BCUT2D eigenvalue weighted by Gasteiger charge is 2.20. The number of nitrogens with two attached hydrogens (primary N) is 1. The first-order valence-corrected chi connectivity index (χ1v) is 8.63. The van der Waals surface area contributed by atoms with Crippen molar-refractivity contribution in [3.63, 3.8) is 0 Å². The number of ether oxygens (including phenoxy) is 2. The lowest BCUT2D eigenvalue weighted by atomic mass is 10.1.